The molecule has 0 aliphatic rings. The summed E-state index contributed by atoms with van der Waals surface area (Å²) in [6, 6.07) is 17.4. The number of aromatic nitrogens is 1. The molecule has 0 bridgehead atoms. The molecule has 0 saturated carbocycles. The van der Waals surface area contributed by atoms with Gasteiger partial charge in [0.2, 0.25) is 5.91 Å². The topological polar surface area (TPSA) is 181 Å². The summed E-state index contributed by atoms with van der Waals surface area (Å²) in [5.41, 5.74) is 14.9. The third-order valence-electron chi connectivity index (χ3n) is 7.16. The molecule has 4 rings (SSSR count). The molecule has 4 aromatic rings. The van der Waals surface area contributed by atoms with E-state index in [1.165, 1.54) is 22.3 Å². The van der Waals surface area contributed by atoms with Crippen molar-refractivity contribution in [2.24, 2.45) is 11.5 Å². The average molecular weight is 641 g/mol. The SMILES string of the molecule is Cc1ccc(S(=O)(=O)OC(=O)[C@@H](N)CCCCNC(=O)[C@@H](N)Cc2cn(S(=O)(=O)c3ccc(C)cc3)c3ccccc23)cc1. The van der Waals surface area contributed by atoms with E-state index in [1.807, 2.05) is 6.92 Å². The first kappa shape index (κ1) is 32.9. The Labute approximate surface area is 257 Å². The van der Waals surface area contributed by atoms with Gasteiger partial charge in [-0.2, -0.15) is 8.42 Å². The minimum absolute atomic E-state index is 0.106. The Balaban J connectivity index is 1.29. The van der Waals surface area contributed by atoms with E-state index in [9.17, 15) is 26.4 Å². The van der Waals surface area contributed by atoms with Gasteiger partial charge in [-0.05, 0) is 75.4 Å². The monoisotopic (exact) mass is 640 g/mol. The first-order chi connectivity index (χ1) is 20.8. The molecule has 0 aliphatic heterocycles. The molecule has 234 valence electrons. The molecule has 5 N–H and O–H groups in total. The van der Waals surface area contributed by atoms with Crippen molar-refractivity contribution in [1.82, 2.24) is 9.29 Å². The van der Waals surface area contributed by atoms with Crippen LogP contribution in [-0.4, -0.2) is 51.3 Å². The van der Waals surface area contributed by atoms with Gasteiger partial charge in [-0.3, -0.25) is 4.79 Å². The fourth-order valence-corrected chi connectivity index (χ4v) is 6.90. The van der Waals surface area contributed by atoms with Crippen molar-refractivity contribution in [3.8, 4) is 0 Å². The standard InChI is InChI=1S/C31H36N4O7S2/c1-21-10-14-24(15-11-21)43(38,39)35-20-23(26-7-3-4-9-29(26)35)19-28(33)30(36)34-18-6-5-8-27(32)31(37)42-44(40,41)25-16-12-22(2)13-17-25/h3-4,7,9-17,20,27-28H,5-6,8,18-19,32-33H2,1-2H3,(H,34,36)/t27-,28-/m0/s1. The van der Waals surface area contributed by atoms with Crippen LogP contribution in [0.2, 0.25) is 0 Å². The number of hydrogen-bond acceptors (Lipinski definition) is 9. The molecular formula is C31H36N4O7S2. The van der Waals surface area contributed by atoms with Crippen molar-refractivity contribution < 1.29 is 30.6 Å². The lowest BCUT2D eigenvalue weighted by Crippen LogP contribution is -2.42. The fraction of sp³-hybridized carbons (Fsp3) is 0.290. The highest BCUT2D eigenvalue weighted by atomic mass is 32.2. The number of carbonyl (C=O) groups is 2. The van der Waals surface area contributed by atoms with Crippen molar-refractivity contribution >= 4 is 42.9 Å². The van der Waals surface area contributed by atoms with Gasteiger partial charge in [-0.1, -0.05) is 53.6 Å². The molecule has 11 nitrogen and oxygen atoms in total. The van der Waals surface area contributed by atoms with Crippen LogP contribution in [-0.2, 0) is 40.3 Å². The number of fused-ring (bicyclic) bond motifs is 1. The number of unbranched alkanes of at least 4 members (excludes halogenated alkanes) is 1. The Kier molecular flexibility index (Phi) is 10.3. The summed E-state index contributed by atoms with van der Waals surface area (Å²) in [6.45, 7) is 3.93. The number of aryl methyl sites for hydroxylation is 2. The molecule has 0 saturated heterocycles. The zero-order valence-electron chi connectivity index (χ0n) is 24.5. The second-order valence-corrected chi connectivity index (χ2v) is 14.0. The summed E-state index contributed by atoms with van der Waals surface area (Å²) in [5.74, 6) is -1.48. The van der Waals surface area contributed by atoms with Gasteiger partial charge in [-0.25, -0.2) is 17.2 Å². The molecule has 0 fully saturated rings. The predicted octanol–water partition coefficient (Wildman–Crippen LogP) is 2.91. The lowest BCUT2D eigenvalue weighted by molar-refractivity contribution is -0.135. The zero-order valence-corrected chi connectivity index (χ0v) is 26.1. The largest absolute Gasteiger partial charge is 0.355 e. The van der Waals surface area contributed by atoms with Gasteiger partial charge >= 0.3 is 16.1 Å². The van der Waals surface area contributed by atoms with Gasteiger partial charge in [-0.15, -0.1) is 0 Å². The van der Waals surface area contributed by atoms with Crippen molar-refractivity contribution in [2.75, 3.05) is 6.54 Å². The minimum atomic E-state index is -4.27. The number of rotatable bonds is 13. The summed E-state index contributed by atoms with van der Waals surface area (Å²) < 4.78 is 57.3. The van der Waals surface area contributed by atoms with E-state index in [0.29, 0.717) is 29.3 Å². The van der Waals surface area contributed by atoms with Crippen molar-refractivity contribution in [3.05, 3.63) is 95.7 Å². The van der Waals surface area contributed by atoms with Gasteiger partial charge in [0, 0.05) is 18.1 Å². The maximum atomic E-state index is 13.4. The Morgan fingerprint density at radius 2 is 1.41 bits per heavy atom. The summed E-state index contributed by atoms with van der Waals surface area (Å²) in [6.07, 6.45) is 2.64. The third-order valence-corrected chi connectivity index (χ3v) is 10.1. The number of para-hydroxylation sites is 1. The maximum absolute atomic E-state index is 13.4. The predicted molar refractivity (Wildman–Crippen MR) is 167 cm³/mol. The van der Waals surface area contributed by atoms with Crippen LogP contribution in [0.1, 0.15) is 36.0 Å². The number of amides is 1. The number of hydrogen-bond donors (Lipinski definition) is 3. The Bertz CT molecular complexity index is 1850. The summed E-state index contributed by atoms with van der Waals surface area (Å²) in [4.78, 5) is 25.0. The molecular weight excluding hydrogens is 604 g/mol. The average Bonchev–Trinajstić information content (AvgIpc) is 3.36. The van der Waals surface area contributed by atoms with Crippen LogP contribution in [0, 0.1) is 13.8 Å². The highest BCUT2D eigenvalue weighted by Crippen LogP contribution is 2.27. The molecule has 0 radical (unpaired) electrons. The molecule has 1 amide bonds. The van der Waals surface area contributed by atoms with Crippen LogP contribution in [0.5, 0.6) is 0 Å². The molecule has 0 unspecified atom stereocenters. The van der Waals surface area contributed by atoms with Crippen LogP contribution in [0.15, 0.2) is 88.8 Å². The van der Waals surface area contributed by atoms with E-state index in [4.69, 9.17) is 11.5 Å². The van der Waals surface area contributed by atoms with E-state index in [0.717, 1.165) is 11.1 Å². The van der Waals surface area contributed by atoms with Crippen LogP contribution in [0.3, 0.4) is 0 Å². The van der Waals surface area contributed by atoms with E-state index in [-0.39, 0.29) is 29.2 Å². The quantitative estimate of drug-likeness (QED) is 0.146. The molecule has 1 heterocycles. The van der Waals surface area contributed by atoms with Crippen molar-refractivity contribution in [3.63, 3.8) is 0 Å². The maximum Gasteiger partial charge on any atom is 0.341 e. The van der Waals surface area contributed by atoms with Crippen LogP contribution < -0.4 is 16.8 Å². The van der Waals surface area contributed by atoms with Crippen molar-refractivity contribution in [1.29, 1.82) is 0 Å². The van der Waals surface area contributed by atoms with E-state index < -0.39 is 44.1 Å². The number of nitrogens with one attached hydrogen (secondary N) is 1. The van der Waals surface area contributed by atoms with Crippen molar-refractivity contribution in [2.45, 2.75) is 61.4 Å². The second-order valence-electron chi connectivity index (χ2n) is 10.7. The van der Waals surface area contributed by atoms with Crippen LogP contribution in [0.25, 0.3) is 10.9 Å². The Hall–Kier alpha value is -4.04. The molecule has 0 aliphatic carbocycles. The molecule has 3 aromatic carbocycles. The van der Waals surface area contributed by atoms with Gasteiger partial charge in [0.1, 0.15) is 10.9 Å². The Morgan fingerprint density at radius 1 is 0.818 bits per heavy atom. The summed E-state index contributed by atoms with van der Waals surface area (Å²) in [7, 11) is -8.15. The zero-order chi connectivity index (χ0) is 32.1. The smallest absolute Gasteiger partial charge is 0.341 e. The molecule has 1 aromatic heterocycles. The third kappa shape index (κ3) is 7.72. The molecule has 44 heavy (non-hydrogen) atoms. The second kappa shape index (κ2) is 13.7. The van der Waals surface area contributed by atoms with E-state index in [2.05, 4.69) is 9.50 Å². The van der Waals surface area contributed by atoms with Gasteiger partial charge in [0.15, 0.2) is 0 Å². The van der Waals surface area contributed by atoms with E-state index in [1.54, 1.807) is 67.6 Å². The van der Waals surface area contributed by atoms with Gasteiger partial charge in [0.05, 0.1) is 16.5 Å². The highest BCUT2D eigenvalue weighted by molar-refractivity contribution is 7.90. The lowest BCUT2D eigenvalue weighted by atomic mass is 10.0. The molecule has 0 spiro atoms. The number of nitrogens with two attached hydrogens (primary N) is 2. The lowest BCUT2D eigenvalue weighted by Gasteiger charge is -2.13. The summed E-state index contributed by atoms with van der Waals surface area (Å²) >= 11 is 0. The minimum Gasteiger partial charge on any atom is -0.355 e. The first-order valence-corrected chi connectivity index (χ1v) is 16.9. The number of carbonyl (C=O) groups excluding carboxylic acids is 2. The Morgan fingerprint density at radius 3 is 2.05 bits per heavy atom. The molecule has 13 heteroatoms. The normalized spacial score (nSPS) is 13.4. The van der Waals surface area contributed by atoms with Crippen LogP contribution >= 0.6 is 0 Å². The first-order valence-electron chi connectivity index (χ1n) is 14.0. The fourth-order valence-electron chi connectivity index (χ4n) is 4.61. The van der Waals surface area contributed by atoms with Gasteiger partial charge < -0.3 is 21.0 Å². The van der Waals surface area contributed by atoms with Crippen LogP contribution in [0.4, 0.5) is 0 Å². The number of nitrogens with zero attached hydrogens (tertiary/aromatic N) is 1. The summed E-state index contributed by atoms with van der Waals surface area (Å²) in [5, 5.41) is 3.42. The van der Waals surface area contributed by atoms with E-state index >= 15 is 0 Å². The number of benzene rings is 3. The van der Waals surface area contributed by atoms with Gasteiger partial charge in [0.25, 0.3) is 10.0 Å². The molecule has 2 atom stereocenters. The highest BCUT2D eigenvalue weighted by Gasteiger charge is 2.25.